The molecule has 0 aliphatic rings. The van der Waals surface area contributed by atoms with Crippen molar-refractivity contribution in [2.45, 2.75) is 32.7 Å². The Hall–Kier alpha value is -1.68. The van der Waals surface area contributed by atoms with Crippen LogP contribution in [0.5, 0.6) is 0 Å². The van der Waals surface area contributed by atoms with Gasteiger partial charge in [0, 0.05) is 24.2 Å². The number of benzene rings is 1. The van der Waals surface area contributed by atoms with Crippen molar-refractivity contribution in [3.63, 3.8) is 0 Å². The minimum absolute atomic E-state index is 0.118. The molecule has 0 amide bonds. The normalized spacial score (nSPS) is 11.2. The van der Waals surface area contributed by atoms with E-state index in [0.717, 1.165) is 23.7 Å². The molecule has 1 N–H and O–H groups in total. The Morgan fingerprint density at radius 2 is 1.95 bits per heavy atom. The second-order valence-corrected chi connectivity index (χ2v) is 4.62. The molecule has 0 fully saturated rings. The lowest BCUT2D eigenvalue weighted by Crippen LogP contribution is -2.38. The van der Waals surface area contributed by atoms with Gasteiger partial charge in [0.05, 0.1) is 12.1 Å². The molecule has 0 atom stereocenters. The molecule has 1 aromatic carbocycles. The van der Waals surface area contributed by atoms with Crippen molar-refractivity contribution in [2.24, 2.45) is 0 Å². The van der Waals surface area contributed by atoms with Gasteiger partial charge in [0.25, 0.3) is 0 Å². The highest BCUT2D eigenvalue weighted by Crippen LogP contribution is 2.19. The number of anilines is 1. The Labute approximate surface area is 114 Å². The van der Waals surface area contributed by atoms with E-state index >= 15 is 0 Å². The molecule has 102 valence electrons. The molecule has 1 aromatic heterocycles. The number of hydrogen-bond acceptors (Lipinski definition) is 4. The molecule has 0 saturated carbocycles. The molecule has 19 heavy (non-hydrogen) atoms. The average molecular weight is 259 g/mol. The number of nitrogens with zero attached hydrogens (tertiary/aromatic N) is 3. The standard InChI is InChI=1S/C15H21N3O/c1-3-13(4-2)18(9-10-19)15-16-11-12-7-5-6-8-14(12)17-15/h5-8,11,13,19H,3-4,9-10H2,1-2H3. The molecular weight excluding hydrogens is 238 g/mol. The molecule has 1 heterocycles. The minimum Gasteiger partial charge on any atom is -0.395 e. The number of aromatic nitrogens is 2. The number of aliphatic hydroxyl groups is 1. The van der Waals surface area contributed by atoms with E-state index in [4.69, 9.17) is 0 Å². The molecule has 4 heteroatoms. The quantitative estimate of drug-likeness (QED) is 0.866. The van der Waals surface area contributed by atoms with E-state index in [1.165, 1.54) is 0 Å². The van der Waals surface area contributed by atoms with Crippen LogP contribution in [0.2, 0.25) is 0 Å². The van der Waals surface area contributed by atoms with E-state index < -0.39 is 0 Å². The number of rotatable bonds is 6. The van der Waals surface area contributed by atoms with Crippen molar-refractivity contribution in [1.29, 1.82) is 0 Å². The summed E-state index contributed by atoms with van der Waals surface area (Å²) in [6.07, 6.45) is 3.89. The number of para-hydroxylation sites is 1. The molecule has 0 aliphatic heterocycles. The Kier molecular flexibility index (Phi) is 4.68. The van der Waals surface area contributed by atoms with Gasteiger partial charge in [0.15, 0.2) is 0 Å². The SMILES string of the molecule is CCC(CC)N(CCO)c1ncc2ccccc2n1. The van der Waals surface area contributed by atoms with E-state index in [-0.39, 0.29) is 6.61 Å². The molecule has 0 spiro atoms. The molecule has 4 nitrogen and oxygen atoms in total. The Bertz CT molecular complexity index is 526. The topological polar surface area (TPSA) is 49.2 Å². The highest BCUT2D eigenvalue weighted by atomic mass is 16.3. The average Bonchev–Trinajstić information content (AvgIpc) is 2.47. The zero-order valence-electron chi connectivity index (χ0n) is 11.6. The summed E-state index contributed by atoms with van der Waals surface area (Å²) < 4.78 is 0. The Morgan fingerprint density at radius 3 is 2.63 bits per heavy atom. The van der Waals surface area contributed by atoms with Crippen LogP contribution in [0.15, 0.2) is 30.5 Å². The van der Waals surface area contributed by atoms with Crippen LogP contribution < -0.4 is 4.90 Å². The van der Waals surface area contributed by atoms with Gasteiger partial charge in [-0.3, -0.25) is 0 Å². The highest BCUT2D eigenvalue weighted by molar-refractivity contribution is 5.78. The predicted octanol–water partition coefficient (Wildman–Crippen LogP) is 2.62. The minimum atomic E-state index is 0.118. The van der Waals surface area contributed by atoms with Crippen LogP contribution in [0.3, 0.4) is 0 Å². The lowest BCUT2D eigenvalue weighted by atomic mass is 10.1. The second kappa shape index (κ2) is 6.48. The first-order chi connectivity index (χ1) is 9.30. The first-order valence-electron chi connectivity index (χ1n) is 6.89. The Morgan fingerprint density at radius 1 is 1.21 bits per heavy atom. The van der Waals surface area contributed by atoms with Crippen molar-refractivity contribution in [1.82, 2.24) is 9.97 Å². The number of fused-ring (bicyclic) bond motifs is 1. The fourth-order valence-corrected chi connectivity index (χ4v) is 2.38. The third-order valence-electron chi connectivity index (χ3n) is 3.46. The molecule has 0 bridgehead atoms. The molecular formula is C15H21N3O. The zero-order valence-corrected chi connectivity index (χ0v) is 11.6. The maximum atomic E-state index is 9.25. The van der Waals surface area contributed by atoms with Gasteiger partial charge in [-0.1, -0.05) is 32.0 Å². The summed E-state index contributed by atoms with van der Waals surface area (Å²) in [5.74, 6) is 0.710. The summed E-state index contributed by atoms with van der Waals surface area (Å²) in [5, 5.41) is 10.3. The van der Waals surface area contributed by atoms with Gasteiger partial charge >= 0.3 is 0 Å². The number of hydrogen-bond donors (Lipinski definition) is 1. The fraction of sp³-hybridized carbons (Fsp3) is 0.467. The third-order valence-corrected chi connectivity index (χ3v) is 3.46. The summed E-state index contributed by atoms with van der Waals surface area (Å²) in [4.78, 5) is 11.2. The van der Waals surface area contributed by atoms with Crippen molar-refractivity contribution < 1.29 is 5.11 Å². The van der Waals surface area contributed by atoms with Gasteiger partial charge in [-0.05, 0) is 18.9 Å². The summed E-state index contributed by atoms with van der Waals surface area (Å²) in [5.41, 5.74) is 0.946. The van der Waals surface area contributed by atoms with Crippen LogP contribution >= 0.6 is 0 Å². The fourth-order valence-electron chi connectivity index (χ4n) is 2.38. The van der Waals surface area contributed by atoms with E-state index in [2.05, 4.69) is 28.7 Å². The molecule has 0 unspecified atom stereocenters. The molecule has 0 saturated heterocycles. The Balaban J connectivity index is 2.37. The maximum Gasteiger partial charge on any atom is 0.226 e. The van der Waals surface area contributed by atoms with Gasteiger partial charge in [0.2, 0.25) is 5.95 Å². The molecule has 0 radical (unpaired) electrons. The third kappa shape index (κ3) is 3.01. The maximum absolute atomic E-state index is 9.25. The van der Waals surface area contributed by atoms with Crippen LogP contribution in [0.4, 0.5) is 5.95 Å². The smallest absolute Gasteiger partial charge is 0.226 e. The van der Waals surface area contributed by atoms with Crippen molar-refractivity contribution in [2.75, 3.05) is 18.1 Å². The first-order valence-corrected chi connectivity index (χ1v) is 6.89. The molecule has 0 aliphatic carbocycles. The van der Waals surface area contributed by atoms with E-state index in [9.17, 15) is 5.11 Å². The van der Waals surface area contributed by atoms with Crippen LogP contribution in [-0.4, -0.2) is 34.3 Å². The lowest BCUT2D eigenvalue weighted by molar-refractivity contribution is 0.295. The van der Waals surface area contributed by atoms with Gasteiger partial charge < -0.3 is 10.0 Å². The van der Waals surface area contributed by atoms with Crippen LogP contribution in [0, 0.1) is 0 Å². The van der Waals surface area contributed by atoms with Crippen LogP contribution in [-0.2, 0) is 0 Å². The van der Waals surface area contributed by atoms with Gasteiger partial charge in [-0.25, -0.2) is 9.97 Å². The second-order valence-electron chi connectivity index (χ2n) is 4.62. The van der Waals surface area contributed by atoms with E-state index in [1.54, 1.807) is 0 Å². The summed E-state index contributed by atoms with van der Waals surface area (Å²) in [6.45, 7) is 5.00. The molecule has 2 aromatic rings. The molecule has 2 rings (SSSR count). The summed E-state index contributed by atoms with van der Waals surface area (Å²) >= 11 is 0. The van der Waals surface area contributed by atoms with Gasteiger partial charge in [0.1, 0.15) is 0 Å². The van der Waals surface area contributed by atoms with E-state index in [1.807, 2.05) is 30.5 Å². The number of aliphatic hydroxyl groups excluding tert-OH is 1. The van der Waals surface area contributed by atoms with Crippen molar-refractivity contribution >= 4 is 16.9 Å². The first kappa shape index (κ1) is 13.7. The predicted molar refractivity (Wildman–Crippen MR) is 78.3 cm³/mol. The monoisotopic (exact) mass is 259 g/mol. The van der Waals surface area contributed by atoms with Crippen LogP contribution in [0.25, 0.3) is 10.9 Å². The summed E-state index contributed by atoms with van der Waals surface area (Å²) in [7, 11) is 0. The largest absolute Gasteiger partial charge is 0.395 e. The van der Waals surface area contributed by atoms with Crippen molar-refractivity contribution in [3.8, 4) is 0 Å². The van der Waals surface area contributed by atoms with Gasteiger partial charge in [-0.2, -0.15) is 0 Å². The van der Waals surface area contributed by atoms with Crippen molar-refractivity contribution in [3.05, 3.63) is 30.5 Å². The lowest BCUT2D eigenvalue weighted by Gasteiger charge is -2.30. The highest BCUT2D eigenvalue weighted by Gasteiger charge is 2.17. The van der Waals surface area contributed by atoms with Crippen LogP contribution in [0.1, 0.15) is 26.7 Å². The van der Waals surface area contributed by atoms with E-state index in [0.29, 0.717) is 18.5 Å². The van der Waals surface area contributed by atoms with Gasteiger partial charge in [-0.15, -0.1) is 0 Å². The zero-order chi connectivity index (χ0) is 13.7. The summed E-state index contributed by atoms with van der Waals surface area (Å²) in [6, 6.07) is 8.33.